The van der Waals surface area contributed by atoms with Gasteiger partial charge in [0.05, 0.1) is 13.2 Å². The Morgan fingerprint density at radius 2 is 2.05 bits per heavy atom. The first kappa shape index (κ1) is 14.5. The molecule has 1 unspecified atom stereocenters. The third kappa shape index (κ3) is 3.28. The van der Waals surface area contributed by atoms with Gasteiger partial charge in [-0.15, -0.1) is 0 Å². The summed E-state index contributed by atoms with van der Waals surface area (Å²) in [6.07, 6.45) is 9.25. The Morgan fingerprint density at radius 3 is 2.86 bits per heavy atom. The molecule has 1 spiro atoms. The maximum absolute atomic E-state index is 6.02. The smallest absolute Gasteiger partial charge is 0.0593 e. The van der Waals surface area contributed by atoms with Crippen LogP contribution >= 0.6 is 0 Å². The molecule has 1 aliphatic carbocycles. The lowest BCUT2D eigenvalue weighted by Crippen LogP contribution is -2.51. The van der Waals surface area contributed by atoms with Crippen LogP contribution in [0.3, 0.4) is 0 Å². The van der Waals surface area contributed by atoms with Crippen molar-refractivity contribution in [2.45, 2.75) is 25.7 Å². The molecule has 1 aromatic rings. The predicted octanol–water partition coefficient (Wildman–Crippen LogP) is 2.41. The average Bonchev–Trinajstić information content (AvgIpc) is 3.38. The SMILES string of the molecule is c1cc(N2CCCC3(COCCN(CC4CC4)C3)C2)ccn1. The highest BCUT2D eigenvalue weighted by Crippen LogP contribution is 2.37. The molecular formula is C18H27N3O. The number of hydrogen-bond acceptors (Lipinski definition) is 4. The van der Waals surface area contributed by atoms with Crippen LogP contribution < -0.4 is 4.90 Å². The molecule has 4 rings (SSSR count). The van der Waals surface area contributed by atoms with Gasteiger partial charge in [-0.3, -0.25) is 4.98 Å². The second kappa shape index (κ2) is 6.17. The summed E-state index contributed by atoms with van der Waals surface area (Å²) in [5.41, 5.74) is 1.62. The summed E-state index contributed by atoms with van der Waals surface area (Å²) < 4.78 is 6.02. The zero-order valence-electron chi connectivity index (χ0n) is 13.4. The summed E-state index contributed by atoms with van der Waals surface area (Å²) in [5.74, 6) is 0.968. The van der Waals surface area contributed by atoms with Gasteiger partial charge in [-0.25, -0.2) is 0 Å². The van der Waals surface area contributed by atoms with E-state index < -0.39 is 0 Å². The molecule has 120 valence electrons. The van der Waals surface area contributed by atoms with Gasteiger partial charge in [0.1, 0.15) is 0 Å². The quantitative estimate of drug-likeness (QED) is 0.857. The van der Waals surface area contributed by atoms with E-state index in [1.165, 1.54) is 44.5 Å². The molecule has 4 nitrogen and oxygen atoms in total. The molecule has 1 aromatic heterocycles. The van der Waals surface area contributed by atoms with Crippen LogP contribution in [0, 0.1) is 11.3 Å². The maximum Gasteiger partial charge on any atom is 0.0593 e. The lowest BCUT2D eigenvalue weighted by molar-refractivity contribution is 0.0559. The van der Waals surface area contributed by atoms with Crippen molar-refractivity contribution in [1.82, 2.24) is 9.88 Å². The zero-order chi connectivity index (χ0) is 14.8. The Labute approximate surface area is 133 Å². The van der Waals surface area contributed by atoms with Crippen molar-refractivity contribution in [3.05, 3.63) is 24.5 Å². The highest BCUT2D eigenvalue weighted by molar-refractivity contribution is 5.45. The Morgan fingerprint density at radius 1 is 1.18 bits per heavy atom. The number of aromatic nitrogens is 1. The molecule has 2 aliphatic heterocycles. The number of nitrogens with zero attached hydrogens (tertiary/aromatic N) is 3. The molecule has 1 atom stereocenters. The van der Waals surface area contributed by atoms with Gasteiger partial charge in [-0.2, -0.15) is 0 Å². The molecule has 0 aromatic carbocycles. The lowest BCUT2D eigenvalue weighted by atomic mass is 9.80. The molecule has 0 radical (unpaired) electrons. The minimum Gasteiger partial charge on any atom is -0.379 e. The Bertz CT molecular complexity index is 490. The monoisotopic (exact) mass is 301 g/mol. The van der Waals surface area contributed by atoms with Gasteiger partial charge in [-0.05, 0) is 43.7 Å². The topological polar surface area (TPSA) is 28.6 Å². The molecule has 3 fully saturated rings. The molecule has 22 heavy (non-hydrogen) atoms. The first-order valence-corrected chi connectivity index (χ1v) is 8.78. The van der Waals surface area contributed by atoms with Crippen molar-refractivity contribution in [2.75, 3.05) is 50.8 Å². The Hall–Kier alpha value is -1.13. The molecule has 0 bridgehead atoms. The fraction of sp³-hybridized carbons (Fsp3) is 0.722. The second-order valence-corrected chi connectivity index (χ2v) is 7.46. The van der Waals surface area contributed by atoms with Gasteiger partial charge in [0.15, 0.2) is 0 Å². The van der Waals surface area contributed by atoms with E-state index in [1.807, 2.05) is 12.4 Å². The molecule has 0 amide bonds. The fourth-order valence-corrected chi connectivity index (χ4v) is 4.13. The molecule has 0 N–H and O–H groups in total. The average molecular weight is 301 g/mol. The van der Waals surface area contributed by atoms with Crippen LogP contribution in [0.4, 0.5) is 5.69 Å². The van der Waals surface area contributed by atoms with Gasteiger partial charge in [0, 0.05) is 56.2 Å². The van der Waals surface area contributed by atoms with Crippen LogP contribution in [0.25, 0.3) is 0 Å². The summed E-state index contributed by atoms with van der Waals surface area (Å²) >= 11 is 0. The number of ether oxygens (including phenoxy) is 1. The molecule has 3 heterocycles. The minimum absolute atomic E-state index is 0.312. The van der Waals surface area contributed by atoms with Gasteiger partial charge >= 0.3 is 0 Å². The number of anilines is 1. The van der Waals surface area contributed by atoms with Crippen molar-refractivity contribution in [2.24, 2.45) is 11.3 Å². The van der Waals surface area contributed by atoms with Crippen LogP contribution in [-0.4, -0.2) is 55.8 Å². The van der Waals surface area contributed by atoms with Crippen LogP contribution in [-0.2, 0) is 4.74 Å². The van der Waals surface area contributed by atoms with E-state index in [9.17, 15) is 0 Å². The third-order valence-corrected chi connectivity index (χ3v) is 5.42. The maximum atomic E-state index is 6.02. The number of pyridine rings is 1. The van der Waals surface area contributed by atoms with Crippen LogP contribution in [0.2, 0.25) is 0 Å². The van der Waals surface area contributed by atoms with Gasteiger partial charge in [-0.1, -0.05) is 0 Å². The van der Waals surface area contributed by atoms with E-state index in [2.05, 4.69) is 26.9 Å². The first-order valence-electron chi connectivity index (χ1n) is 8.78. The van der Waals surface area contributed by atoms with Crippen molar-refractivity contribution < 1.29 is 4.74 Å². The molecule has 3 aliphatic rings. The van der Waals surface area contributed by atoms with Gasteiger partial charge < -0.3 is 14.5 Å². The van der Waals surface area contributed by atoms with Gasteiger partial charge in [0.2, 0.25) is 0 Å². The normalized spacial score (nSPS) is 30.5. The van der Waals surface area contributed by atoms with Crippen molar-refractivity contribution in [3.8, 4) is 0 Å². The lowest BCUT2D eigenvalue weighted by Gasteiger charge is -2.44. The number of rotatable bonds is 3. The molecule has 4 heteroatoms. The van der Waals surface area contributed by atoms with E-state index in [-0.39, 0.29) is 0 Å². The molecular weight excluding hydrogens is 274 g/mol. The van der Waals surface area contributed by atoms with E-state index in [0.29, 0.717) is 5.41 Å². The van der Waals surface area contributed by atoms with Crippen LogP contribution in [0.5, 0.6) is 0 Å². The minimum atomic E-state index is 0.312. The van der Waals surface area contributed by atoms with E-state index in [1.54, 1.807) is 0 Å². The molecule has 2 saturated heterocycles. The summed E-state index contributed by atoms with van der Waals surface area (Å²) in [6, 6.07) is 4.27. The summed E-state index contributed by atoms with van der Waals surface area (Å²) in [4.78, 5) is 9.37. The third-order valence-electron chi connectivity index (χ3n) is 5.42. The van der Waals surface area contributed by atoms with E-state index in [0.717, 1.165) is 38.8 Å². The number of piperidine rings is 1. The van der Waals surface area contributed by atoms with E-state index >= 15 is 0 Å². The molecule has 1 saturated carbocycles. The van der Waals surface area contributed by atoms with Crippen LogP contribution in [0.15, 0.2) is 24.5 Å². The van der Waals surface area contributed by atoms with Crippen LogP contribution in [0.1, 0.15) is 25.7 Å². The van der Waals surface area contributed by atoms with E-state index in [4.69, 9.17) is 4.74 Å². The summed E-state index contributed by atoms with van der Waals surface area (Å²) in [7, 11) is 0. The largest absolute Gasteiger partial charge is 0.379 e. The summed E-state index contributed by atoms with van der Waals surface area (Å²) in [6.45, 7) is 7.74. The highest BCUT2D eigenvalue weighted by Gasteiger charge is 2.40. The Kier molecular flexibility index (Phi) is 4.05. The zero-order valence-corrected chi connectivity index (χ0v) is 13.4. The van der Waals surface area contributed by atoms with Crippen molar-refractivity contribution in [3.63, 3.8) is 0 Å². The predicted molar refractivity (Wildman–Crippen MR) is 88.1 cm³/mol. The van der Waals surface area contributed by atoms with Crippen molar-refractivity contribution >= 4 is 5.69 Å². The Balaban J connectivity index is 1.48. The fourth-order valence-electron chi connectivity index (χ4n) is 4.13. The number of hydrogen-bond donors (Lipinski definition) is 0. The van der Waals surface area contributed by atoms with Crippen molar-refractivity contribution in [1.29, 1.82) is 0 Å². The standard InChI is InChI=1S/C18H27N3O/c1-6-18(14-21(9-1)17-4-7-19-8-5-17)13-20(10-11-22-15-18)12-16-2-3-16/h4-5,7-8,16H,1-3,6,9-15H2. The second-order valence-electron chi connectivity index (χ2n) is 7.46. The van der Waals surface area contributed by atoms with Gasteiger partial charge in [0.25, 0.3) is 0 Å². The highest BCUT2D eigenvalue weighted by atomic mass is 16.5. The summed E-state index contributed by atoms with van der Waals surface area (Å²) in [5, 5.41) is 0. The first-order chi connectivity index (χ1) is 10.8.